The van der Waals surface area contributed by atoms with Crippen LogP contribution in [0.3, 0.4) is 0 Å². The zero-order valence-corrected chi connectivity index (χ0v) is 15.7. The van der Waals surface area contributed by atoms with Crippen molar-refractivity contribution >= 4 is 5.91 Å². The Hall–Kier alpha value is -3.54. The zero-order valence-electron chi connectivity index (χ0n) is 15.7. The molecule has 0 unspecified atom stereocenters. The molecular weight excluding hydrogens is 356 g/mol. The van der Waals surface area contributed by atoms with Gasteiger partial charge in [-0.2, -0.15) is 0 Å². The van der Waals surface area contributed by atoms with Crippen LogP contribution in [0.25, 0.3) is 11.3 Å². The van der Waals surface area contributed by atoms with E-state index in [1.165, 1.54) is 0 Å². The van der Waals surface area contributed by atoms with Crippen LogP contribution in [-0.4, -0.2) is 16.0 Å². The number of hydrogen-bond donors (Lipinski definition) is 0. The molecule has 4 aromatic rings. The van der Waals surface area contributed by atoms with Crippen molar-refractivity contribution in [3.8, 4) is 11.3 Å². The predicted molar refractivity (Wildman–Crippen MR) is 102 cm³/mol. The highest BCUT2D eigenvalue weighted by Gasteiger charge is 2.23. The van der Waals surface area contributed by atoms with Crippen LogP contribution in [0.15, 0.2) is 74.2 Å². The van der Waals surface area contributed by atoms with Gasteiger partial charge in [0.2, 0.25) is 0 Å². The monoisotopic (exact) mass is 376 g/mol. The normalized spacial score (nSPS) is 10.9. The van der Waals surface area contributed by atoms with Crippen molar-refractivity contribution in [3.63, 3.8) is 0 Å². The number of nitrogens with zero attached hydrogens (tertiary/aromatic N) is 2. The Labute approximate surface area is 162 Å². The van der Waals surface area contributed by atoms with Crippen molar-refractivity contribution in [2.45, 2.75) is 26.9 Å². The SMILES string of the molecule is Cc1ccc(-c2cc(C(=O)N(Cc3ccco3)Cc3ccc(C)o3)no2)cc1. The highest BCUT2D eigenvalue weighted by atomic mass is 16.5. The van der Waals surface area contributed by atoms with Gasteiger partial charge in [0.25, 0.3) is 5.91 Å². The molecule has 0 saturated heterocycles. The third-order valence-corrected chi connectivity index (χ3v) is 4.42. The third-order valence-electron chi connectivity index (χ3n) is 4.42. The molecule has 0 radical (unpaired) electrons. The van der Waals surface area contributed by atoms with Crippen molar-refractivity contribution < 1.29 is 18.2 Å². The third kappa shape index (κ3) is 3.91. The summed E-state index contributed by atoms with van der Waals surface area (Å²) in [5, 5.41) is 3.98. The molecular formula is C22H20N2O4. The minimum atomic E-state index is -0.257. The maximum atomic E-state index is 13.1. The van der Waals surface area contributed by atoms with Gasteiger partial charge in [0.1, 0.15) is 17.3 Å². The average molecular weight is 376 g/mol. The molecule has 1 aromatic carbocycles. The highest BCUT2D eigenvalue weighted by Crippen LogP contribution is 2.23. The Morgan fingerprint density at radius 2 is 1.79 bits per heavy atom. The number of carbonyl (C=O) groups is 1. The molecule has 6 nitrogen and oxygen atoms in total. The van der Waals surface area contributed by atoms with E-state index in [2.05, 4.69) is 5.16 Å². The maximum Gasteiger partial charge on any atom is 0.276 e. The molecule has 0 aliphatic heterocycles. The second-order valence-electron chi connectivity index (χ2n) is 6.70. The summed E-state index contributed by atoms with van der Waals surface area (Å²) >= 11 is 0. The first-order chi connectivity index (χ1) is 13.6. The molecule has 0 fully saturated rings. The number of aryl methyl sites for hydroxylation is 2. The van der Waals surface area contributed by atoms with Gasteiger partial charge in [-0.25, -0.2) is 0 Å². The molecule has 0 atom stereocenters. The Kier molecular flexibility index (Phi) is 4.85. The summed E-state index contributed by atoms with van der Waals surface area (Å²) in [6.45, 7) is 4.49. The van der Waals surface area contributed by atoms with Gasteiger partial charge in [0.05, 0.1) is 19.4 Å². The number of amides is 1. The van der Waals surface area contributed by atoms with Gasteiger partial charge in [-0.3, -0.25) is 4.79 Å². The fraction of sp³-hybridized carbons (Fsp3) is 0.182. The van der Waals surface area contributed by atoms with Gasteiger partial charge >= 0.3 is 0 Å². The minimum Gasteiger partial charge on any atom is -0.467 e. The number of benzene rings is 1. The first-order valence-corrected chi connectivity index (χ1v) is 8.99. The molecule has 142 valence electrons. The molecule has 0 saturated carbocycles. The van der Waals surface area contributed by atoms with Crippen LogP contribution in [-0.2, 0) is 13.1 Å². The quantitative estimate of drug-likeness (QED) is 0.474. The Morgan fingerprint density at radius 1 is 1.00 bits per heavy atom. The number of hydrogen-bond acceptors (Lipinski definition) is 5. The lowest BCUT2D eigenvalue weighted by Gasteiger charge is -2.19. The second kappa shape index (κ2) is 7.60. The van der Waals surface area contributed by atoms with Crippen LogP contribution in [0.1, 0.15) is 33.3 Å². The van der Waals surface area contributed by atoms with Crippen molar-refractivity contribution in [1.82, 2.24) is 10.1 Å². The van der Waals surface area contributed by atoms with Crippen molar-refractivity contribution in [3.05, 3.63) is 89.4 Å². The van der Waals surface area contributed by atoms with Gasteiger partial charge in [0, 0.05) is 11.6 Å². The lowest BCUT2D eigenvalue weighted by Crippen LogP contribution is -2.30. The first-order valence-electron chi connectivity index (χ1n) is 8.99. The molecule has 0 N–H and O–H groups in total. The largest absolute Gasteiger partial charge is 0.467 e. The van der Waals surface area contributed by atoms with Crippen LogP contribution >= 0.6 is 0 Å². The van der Waals surface area contributed by atoms with Crippen LogP contribution in [0.2, 0.25) is 0 Å². The first kappa shape index (κ1) is 17.9. The Morgan fingerprint density at radius 3 is 2.46 bits per heavy atom. The smallest absolute Gasteiger partial charge is 0.276 e. The summed E-state index contributed by atoms with van der Waals surface area (Å²) in [6.07, 6.45) is 1.58. The van der Waals surface area contributed by atoms with Crippen molar-refractivity contribution in [2.24, 2.45) is 0 Å². The molecule has 0 spiro atoms. The lowest BCUT2D eigenvalue weighted by atomic mass is 10.1. The van der Waals surface area contributed by atoms with Gasteiger partial charge in [-0.15, -0.1) is 0 Å². The van der Waals surface area contributed by atoms with Gasteiger partial charge in [-0.05, 0) is 38.1 Å². The standard InChI is InChI=1S/C22H20N2O4/c1-15-5-8-17(9-6-15)21-12-20(23-28-21)22(25)24(13-18-4-3-11-26-18)14-19-10-7-16(2)27-19/h3-12H,13-14H2,1-2H3. The van der Waals surface area contributed by atoms with Crippen molar-refractivity contribution in [2.75, 3.05) is 0 Å². The fourth-order valence-corrected chi connectivity index (χ4v) is 2.94. The number of furan rings is 2. The van der Waals surface area contributed by atoms with E-state index in [-0.39, 0.29) is 11.6 Å². The average Bonchev–Trinajstić information content (AvgIpc) is 3.44. The van der Waals surface area contributed by atoms with Crippen LogP contribution in [0.5, 0.6) is 0 Å². The number of rotatable bonds is 6. The van der Waals surface area contributed by atoms with E-state index in [0.29, 0.717) is 30.4 Å². The van der Waals surface area contributed by atoms with E-state index in [4.69, 9.17) is 13.4 Å². The molecule has 0 bridgehead atoms. The van der Waals surface area contributed by atoms with E-state index >= 15 is 0 Å². The molecule has 3 aromatic heterocycles. The molecule has 0 aliphatic rings. The zero-order chi connectivity index (χ0) is 19.5. The minimum absolute atomic E-state index is 0.241. The van der Waals surface area contributed by atoms with Gasteiger partial charge in [0.15, 0.2) is 11.5 Å². The van der Waals surface area contributed by atoms with E-state index in [1.54, 1.807) is 23.3 Å². The summed E-state index contributed by atoms with van der Waals surface area (Å²) in [5.41, 5.74) is 2.26. The molecule has 1 amide bonds. The van der Waals surface area contributed by atoms with E-state index in [1.807, 2.05) is 56.3 Å². The van der Waals surface area contributed by atoms with Crippen LogP contribution in [0, 0.1) is 13.8 Å². The van der Waals surface area contributed by atoms with E-state index in [0.717, 1.165) is 16.9 Å². The van der Waals surface area contributed by atoms with E-state index in [9.17, 15) is 4.79 Å². The summed E-state index contributed by atoms with van der Waals surface area (Å²) < 4.78 is 16.5. The van der Waals surface area contributed by atoms with Crippen molar-refractivity contribution in [1.29, 1.82) is 0 Å². The molecule has 4 rings (SSSR count). The van der Waals surface area contributed by atoms with Gasteiger partial charge in [-0.1, -0.05) is 35.0 Å². The lowest BCUT2D eigenvalue weighted by molar-refractivity contribution is 0.0693. The summed E-state index contributed by atoms with van der Waals surface area (Å²) in [5.74, 6) is 2.46. The Bertz CT molecular complexity index is 1060. The molecule has 28 heavy (non-hydrogen) atoms. The maximum absolute atomic E-state index is 13.1. The van der Waals surface area contributed by atoms with Gasteiger partial charge < -0.3 is 18.3 Å². The number of aromatic nitrogens is 1. The molecule has 0 aliphatic carbocycles. The topological polar surface area (TPSA) is 72.6 Å². The van der Waals surface area contributed by atoms with Crippen LogP contribution in [0.4, 0.5) is 0 Å². The van der Waals surface area contributed by atoms with Crippen LogP contribution < -0.4 is 0 Å². The molecule has 3 heterocycles. The summed E-state index contributed by atoms with van der Waals surface area (Å²) in [6, 6.07) is 16.9. The highest BCUT2D eigenvalue weighted by molar-refractivity contribution is 5.93. The van der Waals surface area contributed by atoms with E-state index < -0.39 is 0 Å². The fourth-order valence-electron chi connectivity index (χ4n) is 2.94. The predicted octanol–water partition coefficient (Wildman–Crippen LogP) is 4.99. The Balaban J connectivity index is 1.58. The number of carbonyl (C=O) groups excluding carboxylic acids is 1. The summed E-state index contributed by atoms with van der Waals surface area (Å²) in [7, 11) is 0. The molecule has 6 heteroatoms. The summed E-state index contributed by atoms with van der Waals surface area (Å²) in [4.78, 5) is 14.7. The second-order valence-corrected chi connectivity index (χ2v) is 6.70.